The van der Waals surface area contributed by atoms with Gasteiger partial charge in [0.1, 0.15) is 5.82 Å². The van der Waals surface area contributed by atoms with Gasteiger partial charge in [0.05, 0.1) is 11.0 Å². The van der Waals surface area contributed by atoms with E-state index in [-0.39, 0.29) is 5.41 Å². The van der Waals surface area contributed by atoms with Gasteiger partial charge in [-0.3, -0.25) is 0 Å². The van der Waals surface area contributed by atoms with Crippen molar-refractivity contribution in [2.24, 2.45) is 7.05 Å². The molecule has 0 saturated carbocycles. The standard InChI is InChI=1S/C21H23N3O2/c1-23-18-10-6-5-9-17(18)22-19(23)15-21(16-7-3-2-4-8-16)11-13-24(14-12-21)20(25)26/h2-10H,11-15H2,1H3,(H,25,26). The number of carbonyl (C=O) groups is 1. The smallest absolute Gasteiger partial charge is 0.407 e. The molecule has 5 nitrogen and oxygen atoms in total. The van der Waals surface area contributed by atoms with Crippen molar-refractivity contribution >= 4 is 17.1 Å². The Morgan fingerprint density at radius 3 is 2.38 bits per heavy atom. The van der Waals surface area contributed by atoms with Crippen LogP contribution in [0.15, 0.2) is 54.6 Å². The highest BCUT2D eigenvalue weighted by atomic mass is 16.4. The van der Waals surface area contributed by atoms with E-state index in [2.05, 4.69) is 41.9 Å². The summed E-state index contributed by atoms with van der Waals surface area (Å²) in [5.41, 5.74) is 3.34. The third-order valence-electron chi connectivity index (χ3n) is 5.75. The first kappa shape index (κ1) is 16.6. The van der Waals surface area contributed by atoms with Crippen LogP contribution < -0.4 is 0 Å². The molecular formula is C21H23N3O2. The van der Waals surface area contributed by atoms with Gasteiger partial charge < -0.3 is 14.6 Å². The summed E-state index contributed by atoms with van der Waals surface area (Å²) in [5.74, 6) is 1.05. The lowest BCUT2D eigenvalue weighted by Gasteiger charge is -2.41. The zero-order valence-corrected chi connectivity index (χ0v) is 14.9. The van der Waals surface area contributed by atoms with E-state index in [0.29, 0.717) is 13.1 Å². The number of nitrogens with zero attached hydrogens (tertiary/aromatic N) is 3. The minimum Gasteiger partial charge on any atom is -0.465 e. The van der Waals surface area contributed by atoms with Crippen LogP contribution in [0.25, 0.3) is 11.0 Å². The van der Waals surface area contributed by atoms with Gasteiger partial charge in [-0.1, -0.05) is 42.5 Å². The maximum atomic E-state index is 11.3. The fraction of sp³-hybridized carbons (Fsp3) is 0.333. The average Bonchev–Trinajstić information content (AvgIpc) is 2.98. The molecule has 0 bridgehead atoms. The molecule has 1 amide bonds. The molecule has 1 aliphatic rings. The zero-order chi connectivity index (χ0) is 18.1. The SMILES string of the molecule is Cn1c(CC2(c3ccccc3)CCN(C(=O)O)CC2)nc2ccccc21. The van der Waals surface area contributed by atoms with Gasteiger partial charge in [-0.2, -0.15) is 0 Å². The van der Waals surface area contributed by atoms with Gasteiger partial charge >= 0.3 is 6.09 Å². The fourth-order valence-electron chi connectivity index (χ4n) is 4.14. The third kappa shape index (κ3) is 2.83. The highest BCUT2D eigenvalue weighted by Crippen LogP contribution is 2.39. The molecule has 134 valence electrons. The number of hydrogen-bond donors (Lipinski definition) is 1. The summed E-state index contributed by atoms with van der Waals surface area (Å²) >= 11 is 0. The number of piperidine rings is 1. The van der Waals surface area contributed by atoms with Crippen molar-refractivity contribution in [2.45, 2.75) is 24.7 Å². The summed E-state index contributed by atoms with van der Waals surface area (Å²) in [6, 6.07) is 18.7. The fourth-order valence-corrected chi connectivity index (χ4v) is 4.14. The van der Waals surface area contributed by atoms with Gasteiger partial charge in [0.25, 0.3) is 0 Å². The molecule has 2 aromatic carbocycles. The minimum atomic E-state index is -0.825. The molecule has 1 fully saturated rings. The first-order chi connectivity index (χ1) is 12.6. The van der Waals surface area contributed by atoms with Crippen molar-refractivity contribution in [3.8, 4) is 0 Å². The maximum absolute atomic E-state index is 11.3. The number of imidazole rings is 1. The van der Waals surface area contributed by atoms with Crippen molar-refractivity contribution in [1.82, 2.24) is 14.5 Å². The van der Waals surface area contributed by atoms with Gasteiger partial charge in [0.15, 0.2) is 0 Å². The van der Waals surface area contributed by atoms with Gasteiger partial charge in [0, 0.05) is 32.0 Å². The lowest BCUT2D eigenvalue weighted by Crippen LogP contribution is -2.46. The molecule has 3 aromatic rings. The van der Waals surface area contributed by atoms with E-state index in [0.717, 1.165) is 36.1 Å². The van der Waals surface area contributed by atoms with E-state index in [1.807, 2.05) is 24.3 Å². The Morgan fingerprint density at radius 2 is 1.73 bits per heavy atom. The lowest BCUT2D eigenvalue weighted by molar-refractivity contribution is 0.115. The molecule has 26 heavy (non-hydrogen) atoms. The Hall–Kier alpha value is -2.82. The van der Waals surface area contributed by atoms with E-state index >= 15 is 0 Å². The molecule has 4 rings (SSSR count). The predicted molar refractivity (Wildman–Crippen MR) is 101 cm³/mol. The molecule has 0 atom stereocenters. The second-order valence-corrected chi connectivity index (χ2v) is 7.17. The number of amides is 1. The van der Waals surface area contributed by atoms with E-state index in [1.165, 1.54) is 10.5 Å². The van der Waals surface area contributed by atoms with Crippen molar-refractivity contribution in [3.05, 3.63) is 66.0 Å². The second kappa shape index (κ2) is 6.48. The molecule has 1 N–H and O–H groups in total. The Balaban J connectivity index is 1.72. The number of aromatic nitrogens is 2. The summed E-state index contributed by atoms with van der Waals surface area (Å²) in [5, 5.41) is 9.32. The number of para-hydroxylation sites is 2. The zero-order valence-electron chi connectivity index (χ0n) is 14.9. The highest BCUT2D eigenvalue weighted by Gasteiger charge is 2.38. The lowest BCUT2D eigenvalue weighted by atomic mass is 9.70. The molecular weight excluding hydrogens is 326 g/mol. The predicted octanol–water partition coefficient (Wildman–Crippen LogP) is 3.83. The van der Waals surface area contributed by atoms with Crippen molar-refractivity contribution in [1.29, 1.82) is 0 Å². The quantitative estimate of drug-likeness (QED) is 0.782. The molecule has 5 heteroatoms. The van der Waals surface area contributed by atoms with Crippen LogP contribution in [0.1, 0.15) is 24.2 Å². The summed E-state index contributed by atoms with van der Waals surface area (Å²) < 4.78 is 2.17. The van der Waals surface area contributed by atoms with Crippen LogP contribution in [-0.2, 0) is 18.9 Å². The molecule has 0 radical (unpaired) electrons. The Labute approximate surface area is 152 Å². The summed E-state index contributed by atoms with van der Waals surface area (Å²) in [6.45, 7) is 1.13. The number of likely N-dealkylation sites (tertiary alicyclic amines) is 1. The maximum Gasteiger partial charge on any atom is 0.407 e. The first-order valence-corrected chi connectivity index (χ1v) is 9.03. The summed E-state index contributed by atoms with van der Waals surface area (Å²) in [6.07, 6.45) is 1.61. The van der Waals surface area contributed by atoms with E-state index < -0.39 is 6.09 Å². The molecule has 0 unspecified atom stereocenters. The number of carboxylic acid groups (broad SMARTS) is 1. The van der Waals surface area contributed by atoms with Gasteiger partial charge in [0.2, 0.25) is 0 Å². The monoisotopic (exact) mass is 349 g/mol. The molecule has 0 aliphatic carbocycles. The van der Waals surface area contributed by atoms with Gasteiger partial charge in [-0.15, -0.1) is 0 Å². The normalized spacial score (nSPS) is 16.7. The Morgan fingerprint density at radius 1 is 1.08 bits per heavy atom. The Kier molecular flexibility index (Phi) is 4.15. The topological polar surface area (TPSA) is 58.4 Å². The van der Waals surface area contributed by atoms with Crippen LogP contribution in [-0.4, -0.2) is 38.7 Å². The second-order valence-electron chi connectivity index (χ2n) is 7.17. The minimum absolute atomic E-state index is 0.0810. The molecule has 1 aliphatic heterocycles. The van der Waals surface area contributed by atoms with Crippen LogP contribution in [0.5, 0.6) is 0 Å². The number of rotatable bonds is 3. The van der Waals surface area contributed by atoms with Crippen LogP contribution in [0.2, 0.25) is 0 Å². The van der Waals surface area contributed by atoms with Gasteiger partial charge in [-0.05, 0) is 30.5 Å². The van der Waals surface area contributed by atoms with Crippen LogP contribution in [0.3, 0.4) is 0 Å². The average molecular weight is 349 g/mol. The summed E-state index contributed by atoms with van der Waals surface area (Å²) in [7, 11) is 2.07. The highest BCUT2D eigenvalue weighted by molar-refractivity contribution is 5.75. The molecule has 2 heterocycles. The first-order valence-electron chi connectivity index (χ1n) is 9.03. The van der Waals surface area contributed by atoms with Crippen molar-refractivity contribution in [3.63, 3.8) is 0 Å². The molecule has 0 spiro atoms. The molecule has 1 aromatic heterocycles. The number of benzene rings is 2. The third-order valence-corrected chi connectivity index (χ3v) is 5.75. The van der Waals surface area contributed by atoms with Crippen LogP contribution in [0, 0.1) is 0 Å². The van der Waals surface area contributed by atoms with Crippen LogP contribution >= 0.6 is 0 Å². The summed E-state index contributed by atoms with van der Waals surface area (Å²) in [4.78, 5) is 17.7. The largest absolute Gasteiger partial charge is 0.465 e. The van der Waals surface area contributed by atoms with E-state index in [9.17, 15) is 9.90 Å². The number of fused-ring (bicyclic) bond motifs is 1. The van der Waals surface area contributed by atoms with Crippen molar-refractivity contribution < 1.29 is 9.90 Å². The van der Waals surface area contributed by atoms with E-state index in [4.69, 9.17) is 4.98 Å². The van der Waals surface area contributed by atoms with E-state index in [1.54, 1.807) is 0 Å². The van der Waals surface area contributed by atoms with Gasteiger partial charge in [-0.25, -0.2) is 9.78 Å². The number of aryl methyl sites for hydroxylation is 1. The Bertz CT molecular complexity index is 925. The number of hydrogen-bond acceptors (Lipinski definition) is 2. The van der Waals surface area contributed by atoms with Crippen molar-refractivity contribution in [2.75, 3.05) is 13.1 Å². The van der Waals surface area contributed by atoms with Crippen LogP contribution in [0.4, 0.5) is 4.79 Å². The molecule has 1 saturated heterocycles.